The Hall–Kier alpha value is -0.820. The summed E-state index contributed by atoms with van der Waals surface area (Å²) in [5.74, 6) is 0.154. The average molecular weight is 135 g/mol. The molecule has 1 aromatic rings. The topological polar surface area (TPSA) is 19.9 Å². The van der Waals surface area contributed by atoms with Gasteiger partial charge in [-0.3, -0.25) is 0 Å². The molecule has 0 bridgehead atoms. The molecule has 0 saturated heterocycles. The molecule has 0 aliphatic carbocycles. The van der Waals surface area contributed by atoms with Crippen molar-refractivity contribution in [2.24, 2.45) is 0 Å². The van der Waals surface area contributed by atoms with Gasteiger partial charge in [0.15, 0.2) is 0 Å². The molecule has 0 fully saturated rings. The van der Waals surface area contributed by atoms with Crippen molar-refractivity contribution >= 4 is 0 Å². The molecule has 0 aliphatic heterocycles. The van der Waals surface area contributed by atoms with Crippen molar-refractivity contribution in [2.45, 2.75) is 12.8 Å². The zero-order valence-electron chi connectivity index (χ0n) is 6.08. The molecule has 1 atom stereocenters. The van der Waals surface area contributed by atoms with E-state index in [-0.39, 0.29) is 12.5 Å². The van der Waals surface area contributed by atoms with Crippen LogP contribution in [0.15, 0.2) is 30.3 Å². The molecule has 1 radical (unpaired) electrons. The van der Waals surface area contributed by atoms with Crippen LogP contribution in [-0.2, 0) is 5.11 Å². The summed E-state index contributed by atoms with van der Waals surface area (Å²) in [6, 6.07) is 9.86. The van der Waals surface area contributed by atoms with Crippen molar-refractivity contribution in [1.82, 2.24) is 0 Å². The molecule has 1 aromatic carbocycles. The van der Waals surface area contributed by atoms with E-state index in [0.717, 1.165) is 5.56 Å². The molecule has 0 heterocycles. The SMILES string of the molecule is CC(C[O])c1ccccc1. The summed E-state index contributed by atoms with van der Waals surface area (Å²) in [4.78, 5) is 0. The zero-order valence-corrected chi connectivity index (χ0v) is 6.08. The van der Waals surface area contributed by atoms with Crippen molar-refractivity contribution in [1.29, 1.82) is 0 Å². The van der Waals surface area contributed by atoms with Gasteiger partial charge >= 0.3 is 0 Å². The van der Waals surface area contributed by atoms with E-state index in [1.54, 1.807) is 0 Å². The average Bonchev–Trinajstić information content (AvgIpc) is 2.05. The van der Waals surface area contributed by atoms with Gasteiger partial charge in [0.05, 0.1) is 6.61 Å². The third-order valence-electron chi connectivity index (χ3n) is 1.62. The van der Waals surface area contributed by atoms with Crippen LogP contribution in [0, 0.1) is 0 Å². The first-order chi connectivity index (χ1) is 4.84. The summed E-state index contributed by atoms with van der Waals surface area (Å²) in [5.41, 5.74) is 1.14. The van der Waals surface area contributed by atoms with E-state index in [0.29, 0.717) is 0 Å². The second kappa shape index (κ2) is 3.37. The van der Waals surface area contributed by atoms with E-state index in [1.165, 1.54) is 0 Å². The van der Waals surface area contributed by atoms with E-state index in [2.05, 4.69) is 0 Å². The molecule has 0 aliphatic rings. The van der Waals surface area contributed by atoms with Crippen LogP contribution in [-0.4, -0.2) is 6.61 Å². The largest absolute Gasteiger partial charge is 0.236 e. The summed E-state index contributed by atoms with van der Waals surface area (Å²) in [6.45, 7) is 1.92. The molecular formula is C9H11O. The van der Waals surface area contributed by atoms with Crippen LogP contribution in [0.4, 0.5) is 0 Å². The standard InChI is InChI=1S/C9H11O/c1-8(7-10)9-5-3-2-4-6-9/h2-6,8H,7H2,1H3. The van der Waals surface area contributed by atoms with Gasteiger partial charge in [-0.25, -0.2) is 5.11 Å². The fourth-order valence-corrected chi connectivity index (χ4v) is 0.878. The van der Waals surface area contributed by atoms with Crippen LogP contribution < -0.4 is 0 Å². The van der Waals surface area contributed by atoms with Crippen molar-refractivity contribution in [2.75, 3.05) is 6.61 Å². The molecule has 10 heavy (non-hydrogen) atoms. The van der Waals surface area contributed by atoms with Crippen LogP contribution in [0.5, 0.6) is 0 Å². The van der Waals surface area contributed by atoms with Gasteiger partial charge in [0.1, 0.15) is 0 Å². The molecule has 0 amide bonds. The Morgan fingerprint density at radius 2 is 1.90 bits per heavy atom. The van der Waals surface area contributed by atoms with Gasteiger partial charge in [0, 0.05) is 5.92 Å². The summed E-state index contributed by atoms with van der Waals surface area (Å²) in [5, 5.41) is 10.4. The van der Waals surface area contributed by atoms with Gasteiger partial charge in [-0.1, -0.05) is 37.3 Å². The van der Waals surface area contributed by atoms with Gasteiger partial charge < -0.3 is 0 Å². The van der Waals surface area contributed by atoms with Crippen molar-refractivity contribution < 1.29 is 5.11 Å². The van der Waals surface area contributed by atoms with Crippen molar-refractivity contribution in [3.8, 4) is 0 Å². The monoisotopic (exact) mass is 135 g/mol. The third kappa shape index (κ3) is 1.58. The Labute approximate surface area is 61.3 Å². The molecular weight excluding hydrogens is 124 g/mol. The number of rotatable bonds is 2. The summed E-state index contributed by atoms with van der Waals surface area (Å²) < 4.78 is 0. The van der Waals surface area contributed by atoms with Crippen LogP contribution >= 0.6 is 0 Å². The Balaban J connectivity index is 2.75. The quantitative estimate of drug-likeness (QED) is 0.592. The molecule has 0 saturated carbocycles. The van der Waals surface area contributed by atoms with Crippen LogP contribution in [0.3, 0.4) is 0 Å². The molecule has 1 heteroatoms. The predicted octanol–water partition coefficient (Wildman–Crippen LogP) is 2.22. The van der Waals surface area contributed by atoms with Gasteiger partial charge in [0.2, 0.25) is 0 Å². The Kier molecular flexibility index (Phi) is 2.46. The van der Waals surface area contributed by atoms with Crippen molar-refractivity contribution in [3.63, 3.8) is 0 Å². The summed E-state index contributed by atoms with van der Waals surface area (Å²) >= 11 is 0. The number of hydrogen-bond acceptors (Lipinski definition) is 0. The summed E-state index contributed by atoms with van der Waals surface area (Å²) in [6.07, 6.45) is 0. The number of hydrogen-bond donors (Lipinski definition) is 0. The molecule has 0 aromatic heterocycles. The van der Waals surface area contributed by atoms with Gasteiger partial charge in [0.25, 0.3) is 0 Å². The highest BCUT2D eigenvalue weighted by atomic mass is 16.3. The lowest BCUT2D eigenvalue weighted by molar-refractivity contribution is 0.177. The normalized spacial score (nSPS) is 13.0. The molecule has 1 rings (SSSR count). The maximum absolute atomic E-state index is 10.4. The van der Waals surface area contributed by atoms with E-state index < -0.39 is 0 Å². The first kappa shape index (κ1) is 7.29. The molecule has 0 N–H and O–H groups in total. The van der Waals surface area contributed by atoms with Crippen LogP contribution in [0.1, 0.15) is 18.4 Å². The highest BCUT2D eigenvalue weighted by Crippen LogP contribution is 2.12. The second-order valence-corrected chi connectivity index (χ2v) is 2.48. The third-order valence-corrected chi connectivity index (χ3v) is 1.62. The first-order valence-corrected chi connectivity index (χ1v) is 3.47. The van der Waals surface area contributed by atoms with Gasteiger partial charge in [-0.05, 0) is 5.56 Å². The van der Waals surface area contributed by atoms with E-state index in [9.17, 15) is 5.11 Å². The van der Waals surface area contributed by atoms with Gasteiger partial charge in [-0.15, -0.1) is 0 Å². The van der Waals surface area contributed by atoms with E-state index in [1.807, 2.05) is 37.3 Å². The molecule has 0 spiro atoms. The maximum Gasteiger partial charge on any atom is 0.0888 e. The lowest BCUT2D eigenvalue weighted by atomic mass is 10.0. The highest BCUT2D eigenvalue weighted by Gasteiger charge is 2.01. The van der Waals surface area contributed by atoms with Crippen LogP contribution in [0.25, 0.3) is 0 Å². The second-order valence-electron chi connectivity index (χ2n) is 2.48. The maximum atomic E-state index is 10.4. The molecule has 1 unspecified atom stereocenters. The van der Waals surface area contributed by atoms with Gasteiger partial charge in [-0.2, -0.15) is 0 Å². The van der Waals surface area contributed by atoms with Crippen molar-refractivity contribution in [3.05, 3.63) is 35.9 Å². The Morgan fingerprint density at radius 1 is 1.30 bits per heavy atom. The molecule has 53 valence electrons. The predicted molar refractivity (Wildman–Crippen MR) is 40.4 cm³/mol. The minimum atomic E-state index is -0.0238. The smallest absolute Gasteiger partial charge is 0.0888 e. The fraction of sp³-hybridized carbons (Fsp3) is 0.333. The minimum absolute atomic E-state index is 0.0238. The Bertz CT molecular complexity index is 181. The van der Waals surface area contributed by atoms with E-state index >= 15 is 0 Å². The number of benzene rings is 1. The van der Waals surface area contributed by atoms with Crippen LogP contribution in [0.2, 0.25) is 0 Å². The minimum Gasteiger partial charge on any atom is -0.236 e. The zero-order chi connectivity index (χ0) is 7.40. The van der Waals surface area contributed by atoms with E-state index in [4.69, 9.17) is 0 Å². The first-order valence-electron chi connectivity index (χ1n) is 3.47. The fourth-order valence-electron chi connectivity index (χ4n) is 0.878. The Morgan fingerprint density at radius 3 is 2.40 bits per heavy atom. The molecule has 1 nitrogen and oxygen atoms in total. The lowest BCUT2D eigenvalue weighted by Crippen LogP contribution is -1.96. The highest BCUT2D eigenvalue weighted by molar-refractivity contribution is 5.18. The summed E-state index contributed by atoms with van der Waals surface area (Å²) in [7, 11) is 0. The lowest BCUT2D eigenvalue weighted by Gasteiger charge is -2.04.